The highest BCUT2D eigenvalue weighted by Crippen LogP contribution is 2.19. The molecule has 0 spiro atoms. The number of alkyl halides is 2. The number of nitrogens with zero attached hydrogens (tertiary/aromatic N) is 5. The Balaban J connectivity index is 1.76. The summed E-state index contributed by atoms with van der Waals surface area (Å²) < 4.78 is 30.5. The van der Waals surface area contributed by atoms with Crippen LogP contribution in [0.25, 0.3) is 0 Å². The van der Waals surface area contributed by atoms with Crippen LogP contribution in [0.1, 0.15) is 16.2 Å². The van der Waals surface area contributed by atoms with Crippen LogP contribution in [-0.4, -0.2) is 71.4 Å². The van der Waals surface area contributed by atoms with E-state index in [0.29, 0.717) is 25.5 Å². The molecule has 0 radical (unpaired) electrons. The quantitative estimate of drug-likeness (QED) is 0.470. The maximum absolute atomic E-state index is 12.4. The number of amides is 1. The largest absolute Gasteiger partial charge is 0.380 e. The molecule has 1 fully saturated rings. The van der Waals surface area contributed by atoms with Crippen molar-refractivity contribution < 1.29 is 18.3 Å². The molecule has 1 atom stereocenters. The van der Waals surface area contributed by atoms with Crippen molar-refractivity contribution in [1.82, 2.24) is 30.8 Å². The average Bonchev–Trinajstić information content (AvgIpc) is 2.77. The monoisotopic (exact) mass is 419 g/mol. The van der Waals surface area contributed by atoms with E-state index in [4.69, 9.17) is 10.00 Å². The Morgan fingerprint density at radius 3 is 2.87 bits per heavy atom. The fourth-order valence-electron chi connectivity index (χ4n) is 2.56. The molecule has 3 heterocycles. The summed E-state index contributed by atoms with van der Waals surface area (Å²) in [5.74, 6) is -0.230. The smallest absolute Gasteiger partial charge is 0.274 e. The van der Waals surface area contributed by atoms with Gasteiger partial charge in [-0.3, -0.25) is 4.79 Å². The maximum atomic E-state index is 12.4. The summed E-state index contributed by atoms with van der Waals surface area (Å²) in [4.78, 5) is 20.2. The molecule has 11 nitrogen and oxygen atoms in total. The zero-order valence-electron chi connectivity index (χ0n) is 15.7. The van der Waals surface area contributed by atoms with E-state index in [1.165, 1.54) is 18.5 Å². The molecule has 158 valence electrons. The number of rotatable bonds is 8. The van der Waals surface area contributed by atoms with Crippen molar-refractivity contribution in [2.45, 2.75) is 12.5 Å². The van der Waals surface area contributed by atoms with Crippen LogP contribution in [0.15, 0.2) is 18.5 Å². The van der Waals surface area contributed by atoms with Crippen LogP contribution in [0.3, 0.4) is 0 Å². The fraction of sp³-hybridized carbons (Fsp3) is 0.412. The van der Waals surface area contributed by atoms with Crippen LogP contribution in [0.2, 0.25) is 0 Å². The molecule has 0 aromatic carbocycles. The summed E-state index contributed by atoms with van der Waals surface area (Å²) >= 11 is 0. The second-order valence-corrected chi connectivity index (χ2v) is 6.19. The van der Waals surface area contributed by atoms with E-state index in [9.17, 15) is 13.6 Å². The van der Waals surface area contributed by atoms with Crippen molar-refractivity contribution in [2.24, 2.45) is 0 Å². The number of carbonyl (C=O) groups excluding carboxylic acids is 1. The highest BCUT2D eigenvalue weighted by atomic mass is 19.3. The van der Waals surface area contributed by atoms with Crippen LogP contribution in [-0.2, 0) is 4.74 Å². The SMILES string of the molecule is N#Cc1cnc(Nc2cc(NCC3CNCCO3)c(C(=O)NCC(F)F)nn2)cn1. The Bertz CT molecular complexity index is 899. The number of aromatic nitrogens is 4. The van der Waals surface area contributed by atoms with E-state index in [2.05, 4.69) is 41.4 Å². The molecule has 1 aliphatic heterocycles. The lowest BCUT2D eigenvalue weighted by Gasteiger charge is -2.24. The van der Waals surface area contributed by atoms with Gasteiger partial charge >= 0.3 is 0 Å². The number of hydrogen-bond donors (Lipinski definition) is 4. The van der Waals surface area contributed by atoms with Gasteiger partial charge in [0.1, 0.15) is 11.9 Å². The zero-order valence-corrected chi connectivity index (χ0v) is 15.7. The average molecular weight is 419 g/mol. The van der Waals surface area contributed by atoms with Gasteiger partial charge in [-0.05, 0) is 0 Å². The van der Waals surface area contributed by atoms with E-state index in [-0.39, 0.29) is 29.0 Å². The Morgan fingerprint density at radius 2 is 2.20 bits per heavy atom. The van der Waals surface area contributed by atoms with Gasteiger partial charge in [0.05, 0.1) is 37.3 Å². The van der Waals surface area contributed by atoms with Crippen molar-refractivity contribution in [3.8, 4) is 6.07 Å². The van der Waals surface area contributed by atoms with Crippen molar-refractivity contribution >= 4 is 23.2 Å². The molecule has 4 N–H and O–H groups in total. The molecule has 13 heteroatoms. The van der Waals surface area contributed by atoms with Gasteiger partial charge in [-0.2, -0.15) is 5.26 Å². The first-order valence-electron chi connectivity index (χ1n) is 9.04. The second-order valence-electron chi connectivity index (χ2n) is 6.19. The molecule has 1 saturated heterocycles. The molecular formula is C17H19F2N9O2. The third-order valence-electron chi connectivity index (χ3n) is 3.97. The molecule has 2 aromatic heterocycles. The van der Waals surface area contributed by atoms with Gasteiger partial charge in [0.25, 0.3) is 12.3 Å². The first-order valence-corrected chi connectivity index (χ1v) is 9.04. The lowest BCUT2D eigenvalue weighted by atomic mass is 10.2. The summed E-state index contributed by atoms with van der Waals surface area (Å²) in [6, 6.07) is 3.36. The number of carbonyl (C=O) groups is 1. The number of nitriles is 1. The number of halogens is 2. The normalized spacial score (nSPS) is 16.0. The van der Waals surface area contributed by atoms with Gasteiger partial charge in [-0.15, -0.1) is 10.2 Å². The third-order valence-corrected chi connectivity index (χ3v) is 3.97. The first kappa shape index (κ1) is 21.2. The minimum absolute atomic E-state index is 0.129. The highest BCUT2D eigenvalue weighted by Gasteiger charge is 2.19. The summed E-state index contributed by atoms with van der Waals surface area (Å²) in [6.07, 6.45) is -0.187. The Morgan fingerprint density at radius 1 is 1.33 bits per heavy atom. The summed E-state index contributed by atoms with van der Waals surface area (Å²) in [5.41, 5.74) is 0.312. The summed E-state index contributed by atoms with van der Waals surface area (Å²) in [5, 5.41) is 27.8. The van der Waals surface area contributed by atoms with Crippen LogP contribution in [0, 0.1) is 11.3 Å². The molecule has 2 aromatic rings. The Labute approximate surface area is 170 Å². The molecule has 1 unspecified atom stereocenters. The van der Waals surface area contributed by atoms with Crippen molar-refractivity contribution in [3.63, 3.8) is 0 Å². The van der Waals surface area contributed by atoms with Gasteiger partial charge in [-0.25, -0.2) is 18.7 Å². The van der Waals surface area contributed by atoms with Crippen molar-refractivity contribution in [2.75, 3.05) is 43.4 Å². The summed E-state index contributed by atoms with van der Waals surface area (Å²) in [7, 11) is 0. The second kappa shape index (κ2) is 10.3. The van der Waals surface area contributed by atoms with Crippen molar-refractivity contribution in [3.05, 3.63) is 29.8 Å². The van der Waals surface area contributed by atoms with Gasteiger partial charge < -0.3 is 26.0 Å². The number of anilines is 3. The molecule has 1 aliphatic rings. The topological polar surface area (TPSA) is 150 Å². The number of ether oxygens (including phenoxy) is 1. The molecule has 30 heavy (non-hydrogen) atoms. The standard InChI is InChI=1S/C17H19F2N9O2/c18-13(19)8-25-17(29)16-12(23-7-11-6-21-1-2-30-11)3-14(27-28-16)26-15-9-22-10(4-20)5-24-15/h3,5,9,11,13,21H,1-2,6-8H2,(H,25,29)(H2,23,24,26,27). The summed E-state index contributed by atoms with van der Waals surface area (Å²) in [6.45, 7) is 1.52. The highest BCUT2D eigenvalue weighted by molar-refractivity contribution is 5.97. The van der Waals surface area contributed by atoms with Crippen LogP contribution in [0.5, 0.6) is 0 Å². The molecular weight excluding hydrogens is 400 g/mol. The van der Waals surface area contributed by atoms with Crippen LogP contribution >= 0.6 is 0 Å². The van der Waals surface area contributed by atoms with Gasteiger partial charge in [-0.1, -0.05) is 0 Å². The van der Waals surface area contributed by atoms with Crippen molar-refractivity contribution in [1.29, 1.82) is 5.26 Å². The predicted molar refractivity (Wildman–Crippen MR) is 101 cm³/mol. The van der Waals surface area contributed by atoms with E-state index >= 15 is 0 Å². The van der Waals surface area contributed by atoms with E-state index < -0.39 is 18.9 Å². The maximum Gasteiger partial charge on any atom is 0.274 e. The molecule has 1 amide bonds. The fourth-order valence-corrected chi connectivity index (χ4v) is 2.56. The van der Waals surface area contributed by atoms with Gasteiger partial charge in [0, 0.05) is 25.7 Å². The molecule has 3 rings (SSSR count). The van der Waals surface area contributed by atoms with E-state index in [1.54, 1.807) is 0 Å². The zero-order chi connectivity index (χ0) is 21.3. The van der Waals surface area contributed by atoms with E-state index in [0.717, 1.165) is 6.54 Å². The lowest BCUT2D eigenvalue weighted by molar-refractivity contribution is 0.0372. The van der Waals surface area contributed by atoms with E-state index in [1.807, 2.05) is 6.07 Å². The number of hydrogen-bond acceptors (Lipinski definition) is 10. The minimum Gasteiger partial charge on any atom is -0.380 e. The van der Waals surface area contributed by atoms with Crippen LogP contribution < -0.4 is 21.3 Å². The minimum atomic E-state index is -2.68. The Hall–Kier alpha value is -3.50. The number of nitrogens with one attached hydrogen (secondary N) is 4. The lowest BCUT2D eigenvalue weighted by Crippen LogP contribution is -2.42. The van der Waals surface area contributed by atoms with Gasteiger partial charge in [0.15, 0.2) is 17.2 Å². The first-order chi connectivity index (χ1) is 14.5. The Kier molecular flexibility index (Phi) is 7.30. The molecule has 0 bridgehead atoms. The van der Waals surface area contributed by atoms with Crippen LogP contribution in [0.4, 0.5) is 26.1 Å². The third kappa shape index (κ3) is 6.00. The molecule has 0 aliphatic carbocycles. The number of morpholine rings is 1. The van der Waals surface area contributed by atoms with Gasteiger partial charge in [0.2, 0.25) is 0 Å². The molecule has 0 saturated carbocycles. The predicted octanol–water partition coefficient (Wildman–Crippen LogP) is 0.277.